The van der Waals surface area contributed by atoms with Crippen molar-refractivity contribution in [2.75, 3.05) is 12.3 Å². The predicted molar refractivity (Wildman–Crippen MR) is 86.6 cm³/mol. The van der Waals surface area contributed by atoms with Crippen LogP contribution in [0, 0.1) is 0 Å². The molecule has 0 heterocycles. The summed E-state index contributed by atoms with van der Waals surface area (Å²) in [5.41, 5.74) is 6.46. The van der Waals surface area contributed by atoms with Gasteiger partial charge in [-0.25, -0.2) is 0 Å². The van der Waals surface area contributed by atoms with E-state index < -0.39 is 0 Å². The number of halogens is 2. The summed E-state index contributed by atoms with van der Waals surface area (Å²) in [6.07, 6.45) is 7.16. The number of carbonyl (C=O) groups is 1. The fourth-order valence-electron chi connectivity index (χ4n) is 1.95. The monoisotopic (exact) mass is 316 g/mol. The summed E-state index contributed by atoms with van der Waals surface area (Å²) in [4.78, 5) is 11.9. The second-order valence-corrected chi connectivity index (χ2v) is 5.67. The van der Waals surface area contributed by atoms with Crippen molar-refractivity contribution in [3.05, 3.63) is 27.7 Å². The average molecular weight is 317 g/mol. The van der Waals surface area contributed by atoms with Gasteiger partial charge in [-0.05, 0) is 18.6 Å². The zero-order valence-electron chi connectivity index (χ0n) is 11.8. The number of nitrogen functional groups attached to an aromatic ring is 1. The van der Waals surface area contributed by atoms with Crippen LogP contribution in [0.3, 0.4) is 0 Å². The smallest absolute Gasteiger partial charge is 0.251 e. The van der Waals surface area contributed by atoms with Crippen LogP contribution in [0.4, 0.5) is 5.69 Å². The number of hydrogen-bond acceptors (Lipinski definition) is 2. The van der Waals surface area contributed by atoms with Gasteiger partial charge < -0.3 is 11.1 Å². The number of nitrogens with one attached hydrogen (secondary N) is 1. The molecule has 1 aromatic rings. The molecule has 0 spiro atoms. The predicted octanol–water partition coefficient (Wildman–Crippen LogP) is 4.67. The van der Waals surface area contributed by atoms with E-state index in [9.17, 15) is 4.79 Å². The number of amides is 1. The lowest BCUT2D eigenvalue weighted by Gasteiger charge is -2.08. The first-order valence-corrected chi connectivity index (χ1v) is 7.84. The highest BCUT2D eigenvalue weighted by atomic mass is 35.5. The molecule has 1 amide bonds. The Morgan fingerprint density at radius 1 is 1.15 bits per heavy atom. The molecule has 0 saturated heterocycles. The summed E-state index contributed by atoms with van der Waals surface area (Å²) < 4.78 is 0. The molecule has 0 fully saturated rings. The van der Waals surface area contributed by atoms with Crippen LogP contribution >= 0.6 is 23.2 Å². The van der Waals surface area contributed by atoms with Crippen LogP contribution in [0.15, 0.2) is 12.1 Å². The van der Waals surface area contributed by atoms with Crippen molar-refractivity contribution < 1.29 is 4.79 Å². The first-order valence-electron chi connectivity index (χ1n) is 7.09. The normalized spacial score (nSPS) is 10.6. The van der Waals surface area contributed by atoms with Gasteiger partial charge in [0.1, 0.15) is 0 Å². The fraction of sp³-hybridized carbons (Fsp3) is 0.533. The minimum absolute atomic E-state index is 0.163. The topological polar surface area (TPSA) is 55.1 Å². The molecule has 0 bridgehead atoms. The Balaban J connectivity index is 2.33. The van der Waals surface area contributed by atoms with Crippen molar-refractivity contribution in [1.82, 2.24) is 5.32 Å². The molecule has 0 aliphatic rings. The zero-order chi connectivity index (χ0) is 15.0. The van der Waals surface area contributed by atoms with Crippen molar-refractivity contribution in [1.29, 1.82) is 0 Å². The molecule has 0 radical (unpaired) electrons. The van der Waals surface area contributed by atoms with E-state index in [4.69, 9.17) is 28.9 Å². The quantitative estimate of drug-likeness (QED) is 0.541. The third-order valence-corrected chi connectivity index (χ3v) is 3.95. The summed E-state index contributed by atoms with van der Waals surface area (Å²) in [5.74, 6) is -0.163. The Morgan fingerprint density at radius 3 is 2.45 bits per heavy atom. The molecule has 1 rings (SSSR count). The number of nitrogens with two attached hydrogens (primary N) is 1. The Labute approximate surface area is 130 Å². The second kappa shape index (κ2) is 9.09. The molecule has 0 atom stereocenters. The van der Waals surface area contributed by atoms with Crippen LogP contribution in [0.1, 0.15) is 55.8 Å². The maximum Gasteiger partial charge on any atom is 0.251 e. The van der Waals surface area contributed by atoms with E-state index in [1.807, 2.05) is 0 Å². The number of hydrogen-bond donors (Lipinski definition) is 2. The Kier molecular flexibility index (Phi) is 7.78. The van der Waals surface area contributed by atoms with Crippen LogP contribution in [-0.4, -0.2) is 12.5 Å². The molecule has 3 nitrogen and oxygen atoms in total. The van der Waals surface area contributed by atoms with Crippen molar-refractivity contribution in [2.24, 2.45) is 0 Å². The minimum Gasteiger partial charge on any atom is -0.397 e. The van der Waals surface area contributed by atoms with Crippen LogP contribution in [0.5, 0.6) is 0 Å². The Bertz CT molecular complexity index is 426. The SMILES string of the molecule is CCCCCCCCNC(=O)c1cc(N)c(Cl)c(Cl)c1. The van der Waals surface area contributed by atoms with Crippen LogP contribution in [0.2, 0.25) is 10.0 Å². The second-order valence-electron chi connectivity index (χ2n) is 4.88. The molecule has 3 N–H and O–H groups in total. The molecular formula is C15H22Cl2N2O. The van der Waals surface area contributed by atoms with Crippen molar-refractivity contribution in [3.8, 4) is 0 Å². The van der Waals surface area contributed by atoms with Crippen LogP contribution < -0.4 is 11.1 Å². The summed E-state index contributed by atoms with van der Waals surface area (Å²) in [6.45, 7) is 2.87. The third-order valence-electron chi connectivity index (χ3n) is 3.13. The van der Waals surface area contributed by atoms with Gasteiger partial charge in [-0.1, -0.05) is 62.2 Å². The standard InChI is InChI=1S/C15H22Cl2N2O/c1-2-3-4-5-6-7-8-19-15(20)11-9-12(16)14(17)13(18)10-11/h9-10H,2-8,18H2,1H3,(H,19,20). The number of carbonyl (C=O) groups excluding carboxylic acids is 1. The van der Waals surface area contributed by atoms with Gasteiger partial charge >= 0.3 is 0 Å². The van der Waals surface area contributed by atoms with E-state index in [0.717, 1.165) is 12.8 Å². The maximum absolute atomic E-state index is 11.9. The lowest BCUT2D eigenvalue weighted by molar-refractivity contribution is 0.0953. The molecule has 5 heteroatoms. The highest BCUT2D eigenvalue weighted by Gasteiger charge is 2.10. The van der Waals surface area contributed by atoms with Gasteiger partial charge in [-0.3, -0.25) is 4.79 Å². The molecule has 112 valence electrons. The summed E-state index contributed by atoms with van der Waals surface area (Å²) in [5, 5.41) is 3.46. The van der Waals surface area contributed by atoms with Gasteiger partial charge in [-0.15, -0.1) is 0 Å². The van der Waals surface area contributed by atoms with Crippen molar-refractivity contribution in [3.63, 3.8) is 0 Å². The molecule has 0 aliphatic heterocycles. The maximum atomic E-state index is 11.9. The Hall–Kier alpha value is -0.930. The number of benzene rings is 1. The molecule has 0 unspecified atom stereocenters. The molecule has 0 aromatic heterocycles. The first-order chi connectivity index (χ1) is 9.56. The molecule has 1 aromatic carbocycles. The number of anilines is 1. The molecule has 0 saturated carbocycles. The van der Waals surface area contributed by atoms with Crippen molar-refractivity contribution in [2.45, 2.75) is 45.4 Å². The average Bonchev–Trinajstić information content (AvgIpc) is 2.43. The summed E-state index contributed by atoms with van der Waals surface area (Å²) in [6, 6.07) is 3.08. The van der Waals surface area contributed by atoms with E-state index in [2.05, 4.69) is 12.2 Å². The van der Waals surface area contributed by atoms with E-state index in [-0.39, 0.29) is 5.91 Å². The highest BCUT2D eigenvalue weighted by Crippen LogP contribution is 2.29. The van der Waals surface area contributed by atoms with Gasteiger partial charge in [0, 0.05) is 12.1 Å². The van der Waals surface area contributed by atoms with E-state index in [1.165, 1.54) is 31.7 Å². The first kappa shape index (κ1) is 17.1. The van der Waals surface area contributed by atoms with E-state index >= 15 is 0 Å². The highest BCUT2D eigenvalue weighted by molar-refractivity contribution is 6.43. The Morgan fingerprint density at radius 2 is 1.80 bits per heavy atom. The number of unbranched alkanes of at least 4 members (excludes halogenated alkanes) is 5. The van der Waals surface area contributed by atoms with Gasteiger partial charge in [0.25, 0.3) is 5.91 Å². The van der Waals surface area contributed by atoms with Crippen LogP contribution in [-0.2, 0) is 0 Å². The molecular weight excluding hydrogens is 295 g/mol. The van der Waals surface area contributed by atoms with Gasteiger partial charge in [0.05, 0.1) is 15.7 Å². The number of rotatable bonds is 8. The van der Waals surface area contributed by atoms with Gasteiger partial charge in [0.15, 0.2) is 0 Å². The summed E-state index contributed by atoms with van der Waals surface area (Å²) >= 11 is 11.8. The third kappa shape index (κ3) is 5.59. The van der Waals surface area contributed by atoms with Crippen LogP contribution in [0.25, 0.3) is 0 Å². The largest absolute Gasteiger partial charge is 0.397 e. The van der Waals surface area contributed by atoms with Gasteiger partial charge in [-0.2, -0.15) is 0 Å². The fourth-order valence-corrected chi connectivity index (χ4v) is 2.29. The molecule has 0 aliphatic carbocycles. The summed E-state index contributed by atoms with van der Waals surface area (Å²) in [7, 11) is 0. The van der Waals surface area contributed by atoms with E-state index in [1.54, 1.807) is 6.07 Å². The van der Waals surface area contributed by atoms with Gasteiger partial charge in [0.2, 0.25) is 0 Å². The lowest BCUT2D eigenvalue weighted by atomic mass is 10.1. The zero-order valence-corrected chi connectivity index (χ0v) is 13.4. The van der Waals surface area contributed by atoms with E-state index in [0.29, 0.717) is 27.8 Å². The lowest BCUT2D eigenvalue weighted by Crippen LogP contribution is -2.24. The van der Waals surface area contributed by atoms with Crippen molar-refractivity contribution >= 4 is 34.8 Å². The molecule has 20 heavy (non-hydrogen) atoms. The minimum atomic E-state index is -0.163.